The van der Waals surface area contributed by atoms with E-state index < -0.39 is 0 Å². The highest BCUT2D eigenvalue weighted by molar-refractivity contribution is 5.25. The molecule has 0 amide bonds. The number of rotatable bonds is 4. The van der Waals surface area contributed by atoms with Gasteiger partial charge in [-0.15, -0.1) is 0 Å². The second-order valence-electron chi connectivity index (χ2n) is 5.39. The van der Waals surface area contributed by atoms with Crippen molar-refractivity contribution in [3.63, 3.8) is 0 Å². The Hall–Kier alpha value is -0.720. The van der Waals surface area contributed by atoms with E-state index >= 15 is 0 Å². The summed E-state index contributed by atoms with van der Waals surface area (Å²) in [4.78, 5) is 0. The smallest absolute Gasteiger partial charge is 0.0355 e. The molecule has 15 heavy (non-hydrogen) atoms. The van der Waals surface area contributed by atoms with Crippen LogP contribution in [0.5, 0.6) is 0 Å². The number of hydrogen-bond donors (Lipinski definition) is 0. The summed E-state index contributed by atoms with van der Waals surface area (Å²) in [5, 5.41) is 0. The van der Waals surface area contributed by atoms with Crippen LogP contribution in [0.15, 0.2) is 12.4 Å². The molecule has 0 fully saturated rings. The molecular weight excluding hydrogens is 182 g/mol. The molecule has 0 aliphatic carbocycles. The van der Waals surface area contributed by atoms with Crippen LogP contribution in [0.25, 0.3) is 0 Å². The quantitative estimate of drug-likeness (QED) is 0.699. The Morgan fingerprint density at radius 3 is 1.60 bits per heavy atom. The van der Waals surface area contributed by atoms with E-state index in [1.807, 2.05) is 0 Å². The molecule has 0 aromatic carbocycles. The van der Waals surface area contributed by atoms with Crippen molar-refractivity contribution in [1.82, 2.24) is 4.57 Å². The van der Waals surface area contributed by atoms with Gasteiger partial charge in [0.1, 0.15) is 0 Å². The van der Waals surface area contributed by atoms with Crippen LogP contribution < -0.4 is 0 Å². The third-order valence-electron chi connectivity index (χ3n) is 2.82. The maximum absolute atomic E-state index is 2.36. The van der Waals surface area contributed by atoms with Crippen molar-refractivity contribution < 1.29 is 0 Å². The van der Waals surface area contributed by atoms with Crippen molar-refractivity contribution in [1.29, 1.82) is 0 Å². The molecule has 0 aliphatic heterocycles. The van der Waals surface area contributed by atoms with Crippen LogP contribution in [0, 0.1) is 0 Å². The molecule has 1 heteroatoms. The van der Waals surface area contributed by atoms with Gasteiger partial charge in [0.2, 0.25) is 0 Å². The molecule has 1 nitrogen and oxygen atoms in total. The summed E-state index contributed by atoms with van der Waals surface area (Å²) in [7, 11) is 0. The molecule has 0 radical (unpaired) electrons. The summed E-state index contributed by atoms with van der Waals surface area (Å²) in [6.45, 7) is 11.3. The van der Waals surface area contributed by atoms with Gasteiger partial charge < -0.3 is 4.57 Å². The summed E-state index contributed by atoms with van der Waals surface area (Å²) < 4.78 is 2.36. The molecule has 86 valence electrons. The first-order valence-corrected chi connectivity index (χ1v) is 6.19. The average molecular weight is 207 g/mol. The minimum atomic E-state index is 0.217. The van der Waals surface area contributed by atoms with Gasteiger partial charge in [-0.05, 0) is 44.7 Å². The van der Waals surface area contributed by atoms with Crippen molar-refractivity contribution in [3.8, 4) is 0 Å². The predicted molar refractivity (Wildman–Crippen MR) is 67.4 cm³/mol. The molecule has 0 bridgehead atoms. The van der Waals surface area contributed by atoms with Gasteiger partial charge in [0.15, 0.2) is 0 Å². The first kappa shape index (κ1) is 12.4. The third kappa shape index (κ3) is 3.12. The van der Waals surface area contributed by atoms with Crippen LogP contribution in [0.2, 0.25) is 0 Å². The summed E-state index contributed by atoms with van der Waals surface area (Å²) in [5.74, 6) is 0. The fraction of sp³-hybridized carbons (Fsp3) is 0.714. The molecule has 1 aromatic heterocycles. The molecule has 1 rings (SSSR count). The predicted octanol–water partition coefficient (Wildman–Crippen LogP) is 4.15. The van der Waals surface area contributed by atoms with Crippen LogP contribution >= 0.6 is 0 Å². The lowest BCUT2D eigenvalue weighted by Crippen LogP contribution is -2.19. The Morgan fingerprint density at radius 1 is 0.933 bits per heavy atom. The van der Waals surface area contributed by atoms with E-state index in [0.29, 0.717) is 0 Å². The zero-order valence-corrected chi connectivity index (χ0v) is 10.9. The van der Waals surface area contributed by atoms with Gasteiger partial charge in [-0.2, -0.15) is 0 Å². The highest BCUT2D eigenvalue weighted by Gasteiger charge is 2.15. The zero-order chi connectivity index (χ0) is 11.5. The Labute approximate surface area is 94.5 Å². The van der Waals surface area contributed by atoms with Gasteiger partial charge in [0.05, 0.1) is 0 Å². The summed E-state index contributed by atoms with van der Waals surface area (Å²) in [5.41, 5.74) is 3.32. The van der Waals surface area contributed by atoms with E-state index in [2.05, 4.69) is 51.6 Å². The monoisotopic (exact) mass is 207 g/mol. The lowest BCUT2D eigenvalue weighted by molar-refractivity contribution is 0.397. The fourth-order valence-electron chi connectivity index (χ4n) is 1.92. The van der Waals surface area contributed by atoms with Crippen LogP contribution in [0.4, 0.5) is 0 Å². The normalized spacial score (nSPS) is 12.1. The van der Waals surface area contributed by atoms with Crippen LogP contribution in [0.3, 0.4) is 0 Å². The van der Waals surface area contributed by atoms with Crippen molar-refractivity contribution in [2.75, 3.05) is 0 Å². The first-order valence-electron chi connectivity index (χ1n) is 6.19. The van der Waals surface area contributed by atoms with E-state index in [1.165, 1.54) is 25.7 Å². The van der Waals surface area contributed by atoms with Crippen LogP contribution in [0.1, 0.15) is 58.6 Å². The fourth-order valence-corrected chi connectivity index (χ4v) is 1.92. The van der Waals surface area contributed by atoms with Crippen molar-refractivity contribution in [2.45, 2.75) is 65.8 Å². The molecule has 0 aliphatic rings. The SMILES string of the molecule is CCCc1cn(C(C)(C)C)cc1CCC. The maximum atomic E-state index is 2.36. The van der Waals surface area contributed by atoms with E-state index in [-0.39, 0.29) is 5.54 Å². The van der Waals surface area contributed by atoms with Gasteiger partial charge in [-0.25, -0.2) is 0 Å². The molecule has 0 spiro atoms. The molecule has 0 atom stereocenters. The number of aromatic nitrogens is 1. The van der Waals surface area contributed by atoms with Crippen molar-refractivity contribution >= 4 is 0 Å². The molecule has 0 N–H and O–H groups in total. The van der Waals surface area contributed by atoms with Gasteiger partial charge in [0.25, 0.3) is 0 Å². The second-order valence-corrected chi connectivity index (χ2v) is 5.39. The summed E-state index contributed by atoms with van der Waals surface area (Å²) >= 11 is 0. The highest BCUT2D eigenvalue weighted by atomic mass is 15.0. The molecule has 1 heterocycles. The molecular formula is C14H25N. The Kier molecular flexibility index (Phi) is 4.01. The Bertz CT molecular complexity index is 278. The van der Waals surface area contributed by atoms with E-state index in [4.69, 9.17) is 0 Å². The van der Waals surface area contributed by atoms with E-state index in [1.54, 1.807) is 11.1 Å². The Balaban J connectivity index is 2.98. The first-order chi connectivity index (χ1) is 6.99. The second kappa shape index (κ2) is 4.87. The maximum Gasteiger partial charge on any atom is 0.0355 e. The average Bonchev–Trinajstić information content (AvgIpc) is 2.50. The minimum Gasteiger partial charge on any atom is -0.349 e. The Morgan fingerprint density at radius 2 is 1.33 bits per heavy atom. The summed E-state index contributed by atoms with van der Waals surface area (Å²) in [6, 6.07) is 0. The van der Waals surface area contributed by atoms with Crippen LogP contribution in [-0.4, -0.2) is 4.57 Å². The third-order valence-corrected chi connectivity index (χ3v) is 2.82. The molecule has 1 aromatic rings. The van der Waals surface area contributed by atoms with E-state index in [9.17, 15) is 0 Å². The topological polar surface area (TPSA) is 4.93 Å². The molecule has 0 unspecified atom stereocenters. The van der Waals surface area contributed by atoms with Gasteiger partial charge in [0, 0.05) is 17.9 Å². The molecule has 0 saturated heterocycles. The number of aryl methyl sites for hydroxylation is 2. The van der Waals surface area contributed by atoms with Crippen LogP contribution in [-0.2, 0) is 18.4 Å². The number of hydrogen-bond acceptors (Lipinski definition) is 0. The van der Waals surface area contributed by atoms with Gasteiger partial charge in [-0.3, -0.25) is 0 Å². The number of nitrogens with zero attached hydrogens (tertiary/aromatic N) is 1. The lowest BCUT2D eigenvalue weighted by Gasteiger charge is -2.21. The largest absolute Gasteiger partial charge is 0.349 e. The van der Waals surface area contributed by atoms with Gasteiger partial charge in [-0.1, -0.05) is 26.7 Å². The highest BCUT2D eigenvalue weighted by Crippen LogP contribution is 2.21. The zero-order valence-electron chi connectivity index (χ0n) is 10.9. The van der Waals surface area contributed by atoms with Crippen molar-refractivity contribution in [3.05, 3.63) is 23.5 Å². The van der Waals surface area contributed by atoms with E-state index in [0.717, 1.165) is 0 Å². The van der Waals surface area contributed by atoms with Crippen molar-refractivity contribution in [2.24, 2.45) is 0 Å². The minimum absolute atomic E-state index is 0.217. The lowest BCUT2D eigenvalue weighted by atomic mass is 10.1. The van der Waals surface area contributed by atoms with Gasteiger partial charge >= 0.3 is 0 Å². The molecule has 0 saturated carbocycles. The standard InChI is InChI=1S/C14H25N/c1-6-8-12-10-15(14(3,4)5)11-13(12)9-7-2/h10-11H,6-9H2,1-5H3. The summed E-state index contributed by atoms with van der Waals surface area (Å²) in [6.07, 6.45) is 9.61.